The number of nitrogens with one attached hydrogen (secondary N) is 2. The highest BCUT2D eigenvalue weighted by Crippen LogP contribution is 2.40. The lowest BCUT2D eigenvalue weighted by molar-refractivity contribution is -0.166. The molecule has 20 N–H and O–H groups in total. The molecule has 0 radical (unpaired) electrons. The number of nitrogens with two attached hydrogens (primary N) is 4. The lowest BCUT2D eigenvalue weighted by Crippen LogP contribution is -2.40. The van der Waals surface area contributed by atoms with E-state index >= 15 is 0 Å². The summed E-state index contributed by atoms with van der Waals surface area (Å²) in [5.41, 5.74) is 21.3. The highest BCUT2D eigenvalue weighted by molar-refractivity contribution is 7.46. The number of nitrogen functional groups attached to an aromatic ring is 4. The van der Waals surface area contributed by atoms with Crippen LogP contribution in [0, 0.1) is 24.3 Å². The second-order valence-corrected chi connectivity index (χ2v) is 22.6. The van der Waals surface area contributed by atoms with Crippen LogP contribution in [0.15, 0.2) is 45.8 Å². The van der Waals surface area contributed by atoms with Crippen molar-refractivity contribution in [1.82, 2.24) is 78.1 Å². The summed E-state index contributed by atoms with van der Waals surface area (Å²) >= 11 is 0. The predicted octanol–water partition coefficient (Wildman–Crippen LogP) is -6.39. The van der Waals surface area contributed by atoms with Gasteiger partial charge in [0, 0.05) is 33.0 Å². The number of anilines is 5. The van der Waals surface area contributed by atoms with Crippen molar-refractivity contribution >= 4 is 100 Å². The number of hydrogen-bond donors (Lipinski definition) is 16. The van der Waals surface area contributed by atoms with E-state index in [0.29, 0.717) is 5.69 Å². The first-order chi connectivity index (χ1) is 47.7. The van der Waals surface area contributed by atoms with Crippen LogP contribution in [0.25, 0.3) is 33.5 Å². The first-order valence-corrected chi connectivity index (χ1v) is 30.1. The third-order valence-corrected chi connectivity index (χ3v) is 15.0. The van der Waals surface area contributed by atoms with E-state index in [4.69, 9.17) is 76.1 Å². The maximum Gasteiger partial charge on any atom is 0.469 e. The number of aromatic nitrogens is 16. The molecule has 0 bridgehead atoms. The Balaban J connectivity index is 0.000000151. The van der Waals surface area contributed by atoms with Crippen molar-refractivity contribution in [3.63, 3.8) is 0 Å². The van der Waals surface area contributed by atoms with Crippen LogP contribution in [0.4, 0.5) is 52.3 Å². The summed E-state index contributed by atoms with van der Waals surface area (Å²) in [7, 11) is -4.78. The minimum Gasteiger partial charge on any atom is -0.463 e. The predicted molar refractivity (Wildman–Crippen MR) is 319 cm³/mol. The summed E-state index contributed by atoms with van der Waals surface area (Å²) in [6, 6.07) is 1.09. The SMILES string of the molecule is CC(=O)OCC1OC(n2cnc3c(N)nc(F)nc32)C(OC(C)=O)C1OC(C)=O.Nc1nc(F)nc2c1N=[C+]N2.Nc1nc(F)nc2c1ncn2C1OC(CO)C(O)C1O.Nc1nc(F)nc2c1ncn2C1OC(COP(=O)(O)O)C(O)C1O.O=c1ccn(C2OC(CO)C(O)C2O)c(=O)[nH]1. The average molecular weight is 1460 g/mol. The standard InChI is InChI=1S/C16H18FN5O7.C10H13FN5O7P.C10H12FN5O4.C9H12N2O6.C5H3FN5/c1-6(23)26-4-9-11(27-7(2)24)12(28-8(3)25)15(29-9)22-5-19-10-13(18)20-16(17)21-14(10)22;11-10-14-7(12)4-8(15-10)16(2-13-4)9-6(18)5(17)3(23-9)1-22-24(19,20)21;11-10-14-7(12)4-8(15-10)16(2-13-4)9-6(19)5(18)3(1-17)20-9;12-3-4-6(14)7(15)8(17-4)11-2-1-5(13)10-9(11)16;6-5-10-3(7)2-4(11-5)9-1-8-2/h5,9,11-12,15H,4H2,1-3H3,(H2,18,20,21);2-3,5-6,9,17-18H,1H2,(H2,12,14,15)(H2,19,20,21);2-3,5-6,9,17-19H,1H2,(H2,12,14,15);1-2,4,6-8,12,14-15H,3H2,(H,10,13,16);(H3,7,8,9,10,11)/q;;;;+1. The fourth-order valence-electron chi connectivity index (χ4n) is 10.1. The van der Waals surface area contributed by atoms with Gasteiger partial charge in [-0.1, -0.05) is 4.98 Å². The maximum absolute atomic E-state index is 13.7. The van der Waals surface area contributed by atoms with E-state index in [0.717, 1.165) is 41.6 Å². The van der Waals surface area contributed by atoms with E-state index < -0.39 is 179 Å². The number of halogens is 4. The summed E-state index contributed by atoms with van der Waals surface area (Å²) in [5.74, 6) is -2.21. The van der Waals surface area contributed by atoms with Gasteiger partial charge in [0.1, 0.15) is 67.6 Å². The number of imidazole rings is 3. The molecule has 0 amide bonds. The molecule has 13 heterocycles. The molecule has 4 saturated heterocycles. The maximum atomic E-state index is 13.7. The Hall–Kier alpha value is -10.2. The van der Waals surface area contributed by atoms with Gasteiger partial charge in [-0.05, 0) is 4.99 Å². The van der Waals surface area contributed by atoms with Gasteiger partial charge in [-0.15, -0.1) is 0 Å². The molecule has 0 spiro atoms. The Labute approximate surface area is 557 Å². The molecular weight excluding hydrogens is 1400 g/mol. The van der Waals surface area contributed by atoms with Crippen molar-refractivity contribution in [1.29, 1.82) is 0 Å². The number of nitrogens with zero attached hydrogens (tertiary/aromatic N) is 16. The molecule has 0 aromatic carbocycles. The number of ether oxygens (including phenoxy) is 7. The highest BCUT2D eigenvalue weighted by atomic mass is 31.2. The number of H-pyrrole nitrogens is 1. The monoisotopic (exact) mass is 1460 g/mol. The van der Waals surface area contributed by atoms with Gasteiger partial charge in [0.15, 0.2) is 88.1 Å². The van der Waals surface area contributed by atoms with Crippen molar-refractivity contribution < 1.29 is 125 Å². The molecular formula is C50H58F4N22O24P+. The number of aromatic amines is 1. The topological polar surface area (TPSA) is 684 Å². The molecule has 0 aliphatic carbocycles. The van der Waals surface area contributed by atoms with E-state index in [9.17, 15) is 76.7 Å². The van der Waals surface area contributed by atoms with Crippen molar-refractivity contribution in [3.05, 3.63) is 76.4 Å². The van der Waals surface area contributed by atoms with Crippen molar-refractivity contribution in [2.45, 2.75) is 119 Å². The fourth-order valence-corrected chi connectivity index (χ4v) is 10.4. The zero-order valence-corrected chi connectivity index (χ0v) is 52.5. The number of carbonyl (C=O) groups excluding carboxylic acids is 3. The summed E-state index contributed by atoms with van der Waals surface area (Å²) in [6.07, 6.45) is -16.1. The molecule has 101 heavy (non-hydrogen) atoms. The van der Waals surface area contributed by atoms with Crippen LogP contribution in [-0.2, 0) is 56.6 Å². The van der Waals surface area contributed by atoms with Gasteiger partial charge in [0.25, 0.3) is 11.9 Å². The van der Waals surface area contributed by atoms with Gasteiger partial charge in [0.05, 0.1) is 38.8 Å². The Bertz CT molecular complexity index is 4550. The van der Waals surface area contributed by atoms with Crippen LogP contribution in [-0.4, -0.2) is 253 Å². The lowest BCUT2D eigenvalue weighted by Gasteiger charge is -2.23. The van der Waals surface area contributed by atoms with E-state index in [1.54, 1.807) is 0 Å². The average Bonchev–Trinajstić information content (AvgIpc) is 1.63. The smallest absolute Gasteiger partial charge is 0.463 e. The number of hydrogen-bond acceptors (Lipinski definition) is 39. The number of aliphatic hydroxyl groups is 8. The van der Waals surface area contributed by atoms with E-state index in [1.165, 1.54) is 28.7 Å². The molecule has 544 valence electrons. The van der Waals surface area contributed by atoms with Gasteiger partial charge in [-0.2, -0.15) is 57.8 Å². The number of rotatable bonds is 13. The molecule has 16 atom stereocenters. The molecule has 0 saturated carbocycles. The summed E-state index contributed by atoms with van der Waals surface area (Å²) in [4.78, 5) is 119. The molecule has 46 nitrogen and oxygen atoms in total. The normalized spacial score (nSPS) is 26.3. The number of phosphoric ester groups is 1. The van der Waals surface area contributed by atoms with Gasteiger partial charge in [0.2, 0.25) is 5.82 Å². The van der Waals surface area contributed by atoms with Crippen LogP contribution in [0.2, 0.25) is 0 Å². The molecule has 8 aromatic heterocycles. The van der Waals surface area contributed by atoms with Crippen molar-refractivity contribution in [2.24, 2.45) is 4.99 Å². The second-order valence-electron chi connectivity index (χ2n) is 21.4. The molecule has 5 aliphatic rings. The first-order valence-electron chi connectivity index (χ1n) is 28.6. The van der Waals surface area contributed by atoms with Crippen LogP contribution < -0.4 is 39.5 Å². The van der Waals surface area contributed by atoms with E-state index in [1.807, 2.05) is 4.98 Å². The first kappa shape index (κ1) is 75.0. The van der Waals surface area contributed by atoms with Crippen LogP contribution in [0.3, 0.4) is 0 Å². The molecule has 4 fully saturated rings. The molecule has 16 unspecified atom stereocenters. The largest absolute Gasteiger partial charge is 0.469 e. The van der Waals surface area contributed by atoms with E-state index in [2.05, 4.69) is 76.0 Å². The Morgan fingerprint density at radius 1 is 0.554 bits per heavy atom. The zero-order valence-electron chi connectivity index (χ0n) is 51.6. The van der Waals surface area contributed by atoms with Crippen LogP contribution in [0.1, 0.15) is 45.7 Å². The number of carbonyl (C=O) groups is 3. The fraction of sp³-hybridized carbons (Fsp3) is 0.460. The molecule has 51 heteroatoms. The summed E-state index contributed by atoms with van der Waals surface area (Å²) < 4.78 is 109. The minimum absolute atomic E-state index is 0.0185. The minimum atomic E-state index is -4.78. The second kappa shape index (κ2) is 31.1. The molecule has 8 aromatic rings. The van der Waals surface area contributed by atoms with Gasteiger partial charge in [-0.3, -0.25) is 47.0 Å². The van der Waals surface area contributed by atoms with E-state index in [-0.39, 0.29) is 69.2 Å². The Morgan fingerprint density at radius 2 is 0.960 bits per heavy atom. The van der Waals surface area contributed by atoms with Crippen LogP contribution >= 0.6 is 7.82 Å². The third kappa shape index (κ3) is 16.8. The van der Waals surface area contributed by atoms with Crippen LogP contribution in [0.5, 0.6) is 0 Å². The Kier molecular flexibility index (Phi) is 23.1. The number of fused-ring (bicyclic) bond motifs is 4. The molecule has 5 aliphatic heterocycles. The lowest BCUT2D eigenvalue weighted by atomic mass is 10.1. The number of aliphatic imine (C=N–C) groups is 1. The zero-order chi connectivity index (χ0) is 73.8. The van der Waals surface area contributed by atoms with Crippen molar-refractivity contribution in [3.8, 4) is 0 Å². The summed E-state index contributed by atoms with van der Waals surface area (Å²) in [6.45, 7) is 1.63. The van der Waals surface area contributed by atoms with Gasteiger partial charge >= 0.3 is 67.2 Å². The van der Waals surface area contributed by atoms with Gasteiger partial charge in [-0.25, -0.2) is 24.3 Å². The van der Waals surface area contributed by atoms with Crippen molar-refractivity contribution in [2.75, 3.05) is 54.7 Å². The summed E-state index contributed by atoms with van der Waals surface area (Å²) in [5, 5.41) is 79.3. The number of aliphatic hydroxyl groups excluding tert-OH is 8. The third-order valence-electron chi connectivity index (χ3n) is 14.6. The quantitative estimate of drug-likeness (QED) is 0.0127. The highest BCUT2D eigenvalue weighted by Gasteiger charge is 2.52. The Morgan fingerprint density at radius 3 is 1.39 bits per heavy atom. The van der Waals surface area contributed by atoms with Gasteiger partial charge < -0.3 is 107 Å². The molecule has 13 rings (SSSR count). The number of phosphoric acid groups is 1. The number of esters is 3.